The van der Waals surface area contributed by atoms with Crippen molar-refractivity contribution in [3.05, 3.63) is 11.6 Å². The van der Waals surface area contributed by atoms with Crippen LogP contribution in [0.2, 0.25) is 0 Å². The Morgan fingerprint density at radius 2 is 2.50 bits per heavy atom. The van der Waals surface area contributed by atoms with Crippen molar-refractivity contribution in [3.63, 3.8) is 0 Å². The molecule has 1 aliphatic carbocycles. The fraction of sp³-hybridized carbons (Fsp3) is 0.727. The van der Waals surface area contributed by atoms with Crippen LogP contribution in [0.15, 0.2) is 11.6 Å². The van der Waals surface area contributed by atoms with E-state index >= 15 is 0 Å². The van der Waals surface area contributed by atoms with Gasteiger partial charge in [0.05, 0.1) is 0 Å². The lowest BCUT2D eigenvalue weighted by Gasteiger charge is -2.37. The second kappa shape index (κ2) is 4.24. The Morgan fingerprint density at radius 3 is 3.14 bits per heavy atom. The van der Waals surface area contributed by atoms with Crippen molar-refractivity contribution in [2.45, 2.75) is 31.8 Å². The van der Waals surface area contributed by atoms with E-state index in [4.69, 9.17) is 0 Å². The molecular formula is C11H18N2O. The van der Waals surface area contributed by atoms with Gasteiger partial charge in [-0.3, -0.25) is 9.69 Å². The molecule has 0 aromatic rings. The second-order valence-corrected chi connectivity index (χ2v) is 4.26. The highest BCUT2D eigenvalue weighted by Gasteiger charge is 2.27. The van der Waals surface area contributed by atoms with Crippen molar-refractivity contribution in [1.82, 2.24) is 10.2 Å². The third-order valence-electron chi connectivity index (χ3n) is 3.27. The number of rotatable bonds is 2. The van der Waals surface area contributed by atoms with E-state index in [0.29, 0.717) is 12.1 Å². The van der Waals surface area contributed by atoms with E-state index in [9.17, 15) is 4.79 Å². The third kappa shape index (κ3) is 1.88. The van der Waals surface area contributed by atoms with Gasteiger partial charge in [-0.05, 0) is 25.3 Å². The highest BCUT2D eigenvalue weighted by molar-refractivity contribution is 5.74. The van der Waals surface area contributed by atoms with Gasteiger partial charge in [-0.1, -0.05) is 6.08 Å². The Bertz CT molecular complexity index is 250. The van der Waals surface area contributed by atoms with Gasteiger partial charge < -0.3 is 5.32 Å². The molecule has 1 saturated heterocycles. The van der Waals surface area contributed by atoms with Crippen LogP contribution < -0.4 is 5.32 Å². The molecule has 1 N–H and O–H groups in total. The summed E-state index contributed by atoms with van der Waals surface area (Å²) in [5.41, 5.74) is 0.987. The van der Waals surface area contributed by atoms with Crippen molar-refractivity contribution < 1.29 is 4.79 Å². The Hall–Kier alpha value is -0.670. The zero-order chi connectivity index (χ0) is 9.97. The lowest BCUT2D eigenvalue weighted by atomic mass is 10.1. The lowest BCUT2D eigenvalue weighted by Crippen LogP contribution is -2.53. The molecule has 0 amide bonds. The number of piperazine rings is 1. The second-order valence-electron chi connectivity index (χ2n) is 4.26. The summed E-state index contributed by atoms with van der Waals surface area (Å²) in [7, 11) is 0. The first-order valence-corrected chi connectivity index (χ1v) is 5.43. The molecule has 2 rings (SSSR count). The number of nitrogens with zero attached hydrogens (tertiary/aromatic N) is 1. The molecular weight excluding hydrogens is 176 g/mol. The minimum absolute atomic E-state index is 0.507. The Labute approximate surface area is 85.2 Å². The van der Waals surface area contributed by atoms with Gasteiger partial charge in [0.15, 0.2) is 0 Å². The number of allylic oxidation sites excluding steroid dienone is 1. The zero-order valence-electron chi connectivity index (χ0n) is 8.70. The standard InChI is InChI=1S/C11H18N2O/c1-9-7-12-4-5-13(9)11-3-2-10(6-11)8-14/h6,8-9,11-12H,2-5,7H2,1H3/t9-,11-/m1/s1. The topological polar surface area (TPSA) is 32.3 Å². The van der Waals surface area contributed by atoms with Crippen molar-refractivity contribution in [2.75, 3.05) is 19.6 Å². The molecule has 0 saturated carbocycles. The SMILES string of the molecule is C[C@@H]1CNCCN1[C@H]1C=C(C=O)CC1. The molecule has 1 heterocycles. The first-order valence-electron chi connectivity index (χ1n) is 5.43. The summed E-state index contributed by atoms with van der Waals surface area (Å²) >= 11 is 0. The van der Waals surface area contributed by atoms with Crippen LogP contribution in [0.4, 0.5) is 0 Å². The molecule has 1 aliphatic heterocycles. The van der Waals surface area contributed by atoms with E-state index < -0.39 is 0 Å². The van der Waals surface area contributed by atoms with E-state index in [1.165, 1.54) is 0 Å². The number of aldehydes is 1. The first-order chi connectivity index (χ1) is 6.81. The molecule has 2 aliphatic rings. The molecule has 78 valence electrons. The van der Waals surface area contributed by atoms with Gasteiger partial charge >= 0.3 is 0 Å². The molecule has 0 aromatic heterocycles. The van der Waals surface area contributed by atoms with Crippen molar-refractivity contribution in [3.8, 4) is 0 Å². The quantitative estimate of drug-likeness (QED) is 0.652. The minimum atomic E-state index is 0.507. The minimum Gasteiger partial charge on any atom is -0.314 e. The van der Waals surface area contributed by atoms with Gasteiger partial charge in [0.1, 0.15) is 6.29 Å². The summed E-state index contributed by atoms with van der Waals surface area (Å²) in [6.45, 7) is 5.50. The number of hydrogen-bond donors (Lipinski definition) is 1. The predicted molar refractivity (Wildman–Crippen MR) is 56.2 cm³/mol. The molecule has 2 atom stereocenters. The zero-order valence-corrected chi connectivity index (χ0v) is 8.70. The van der Waals surface area contributed by atoms with Gasteiger partial charge in [-0.25, -0.2) is 0 Å². The molecule has 0 spiro atoms. The maximum Gasteiger partial charge on any atom is 0.145 e. The smallest absolute Gasteiger partial charge is 0.145 e. The Balaban J connectivity index is 2.00. The summed E-state index contributed by atoms with van der Waals surface area (Å²) in [5.74, 6) is 0. The summed E-state index contributed by atoms with van der Waals surface area (Å²) in [5, 5.41) is 3.38. The van der Waals surface area contributed by atoms with Crippen LogP contribution in [0.5, 0.6) is 0 Å². The largest absolute Gasteiger partial charge is 0.314 e. The van der Waals surface area contributed by atoms with Crippen LogP contribution in [0.3, 0.4) is 0 Å². The summed E-state index contributed by atoms with van der Waals surface area (Å²) in [6, 6.07) is 1.10. The van der Waals surface area contributed by atoms with E-state index in [1.807, 2.05) is 0 Å². The molecule has 0 bridgehead atoms. The Kier molecular flexibility index (Phi) is 2.99. The first kappa shape index (κ1) is 9.87. The van der Waals surface area contributed by atoms with Gasteiger partial charge in [0, 0.05) is 31.7 Å². The fourth-order valence-electron chi connectivity index (χ4n) is 2.44. The average Bonchev–Trinajstić information content (AvgIpc) is 2.67. The molecule has 3 heteroatoms. The normalized spacial score (nSPS) is 34.2. The number of carbonyl (C=O) groups is 1. The van der Waals surface area contributed by atoms with Crippen LogP contribution in [-0.4, -0.2) is 42.9 Å². The van der Waals surface area contributed by atoms with Crippen LogP contribution in [-0.2, 0) is 4.79 Å². The highest BCUT2D eigenvalue weighted by atomic mass is 16.1. The maximum atomic E-state index is 10.6. The fourth-order valence-corrected chi connectivity index (χ4v) is 2.44. The molecule has 0 aromatic carbocycles. The van der Waals surface area contributed by atoms with E-state index in [2.05, 4.69) is 23.2 Å². The average molecular weight is 194 g/mol. The monoisotopic (exact) mass is 194 g/mol. The molecule has 1 fully saturated rings. The highest BCUT2D eigenvalue weighted by Crippen LogP contribution is 2.23. The van der Waals surface area contributed by atoms with E-state index in [0.717, 1.165) is 44.3 Å². The number of hydrogen-bond acceptors (Lipinski definition) is 3. The van der Waals surface area contributed by atoms with Crippen LogP contribution in [0, 0.1) is 0 Å². The van der Waals surface area contributed by atoms with Gasteiger partial charge in [0.2, 0.25) is 0 Å². The Morgan fingerprint density at radius 1 is 1.64 bits per heavy atom. The summed E-state index contributed by atoms with van der Waals surface area (Å²) in [6.07, 6.45) is 5.24. The molecule has 14 heavy (non-hydrogen) atoms. The van der Waals surface area contributed by atoms with Crippen LogP contribution in [0.25, 0.3) is 0 Å². The number of nitrogens with one attached hydrogen (secondary N) is 1. The third-order valence-corrected chi connectivity index (χ3v) is 3.27. The van der Waals surface area contributed by atoms with Crippen LogP contribution >= 0.6 is 0 Å². The van der Waals surface area contributed by atoms with Gasteiger partial charge in [-0.2, -0.15) is 0 Å². The van der Waals surface area contributed by atoms with Gasteiger partial charge in [0.25, 0.3) is 0 Å². The maximum absolute atomic E-state index is 10.6. The molecule has 3 nitrogen and oxygen atoms in total. The van der Waals surface area contributed by atoms with Gasteiger partial charge in [-0.15, -0.1) is 0 Å². The van der Waals surface area contributed by atoms with E-state index in [1.54, 1.807) is 0 Å². The van der Waals surface area contributed by atoms with E-state index in [-0.39, 0.29) is 0 Å². The summed E-state index contributed by atoms with van der Waals surface area (Å²) < 4.78 is 0. The predicted octanol–water partition coefficient (Wildman–Crippen LogP) is 0.568. The molecule has 0 radical (unpaired) electrons. The van der Waals surface area contributed by atoms with Crippen LogP contribution in [0.1, 0.15) is 19.8 Å². The number of carbonyl (C=O) groups excluding carboxylic acids is 1. The molecule has 0 unspecified atom stereocenters. The summed E-state index contributed by atoms with van der Waals surface area (Å²) in [4.78, 5) is 13.1. The van der Waals surface area contributed by atoms with Crippen molar-refractivity contribution in [2.24, 2.45) is 0 Å². The van der Waals surface area contributed by atoms with Crippen molar-refractivity contribution >= 4 is 6.29 Å². The van der Waals surface area contributed by atoms with Crippen molar-refractivity contribution in [1.29, 1.82) is 0 Å². The lowest BCUT2D eigenvalue weighted by molar-refractivity contribution is -0.105.